The molecule has 2 aromatic rings. The van der Waals surface area contributed by atoms with Crippen molar-refractivity contribution in [3.8, 4) is 0 Å². The van der Waals surface area contributed by atoms with Crippen LogP contribution in [-0.2, 0) is 6.42 Å². The van der Waals surface area contributed by atoms with Crippen molar-refractivity contribution in [2.45, 2.75) is 26.4 Å². The summed E-state index contributed by atoms with van der Waals surface area (Å²) in [5, 5.41) is 10.4. The summed E-state index contributed by atoms with van der Waals surface area (Å²) in [5.41, 5.74) is 4.67. The molecule has 0 fully saturated rings. The van der Waals surface area contributed by atoms with Crippen LogP contribution in [-0.4, -0.2) is 5.11 Å². The zero-order valence-electron chi connectivity index (χ0n) is 11.0. The van der Waals surface area contributed by atoms with Crippen LogP contribution in [0.2, 0.25) is 0 Å². The molecule has 1 N–H and O–H groups in total. The molecule has 0 aromatic heterocycles. The second kappa shape index (κ2) is 6.37. The van der Waals surface area contributed by atoms with Gasteiger partial charge >= 0.3 is 0 Å². The van der Waals surface area contributed by atoms with E-state index in [9.17, 15) is 5.11 Å². The van der Waals surface area contributed by atoms with Crippen LogP contribution in [0, 0.1) is 17.4 Å². The third-order valence-corrected chi connectivity index (χ3v) is 4.71. The molecule has 0 amide bonds. The third-order valence-electron chi connectivity index (χ3n) is 3.32. The van der Waals surface area contributed by atoms with Gasteiger partial charge < -0.3 is 5.11 Å². The molecule has 1 nitrogen and oxygen atoms in total. The number of halogens is 2. The summed E-state index contributed by atoms with van der Waals surface area (Å²) in [6, 6.07) is 12.4. The fourth-order valence-corrected chi connectivity index (χ4v) is 3.06. The van der Waals surface area contributed by atoms with Crippen molar-refractivity contribution in [3.63, 3.8) is 0 Å². The van der Waals surface area contributed by atoms with Gasteiger partial charge in [-0.2, -0.15) is 0 Å². The largest absolute Gasteiger partial charge is 0.388 e. The van der Waals surface area contributed by atoms with Crippen molar-refractivity contribution in [1.82, 2.24) is 0 Å². The molecule has 0 aliphatic rings. The Morgan fingerprint density at radius 3 is 2.53 bits per heavy atom. The van der Waals surface area contributed by atoms with Crippen molar-refractivity contribution in [1.29, 1.82) is 0 Å². The van der Waals surface area contributed by atoms with E-state index in [0.717, 1.165) is 13.6 Å². The van der Waals surface area contributed by atoms with Crippen LogP contribution in [0.3, 0.4) is 0 Å². The Labute approximate surface area is 136 Å². The van der Waals surface area contributed by atoms with Gasteiger partial charge in [0.15, 0.2) is 0 Å². The van der Waals surface area contributed by atoms with Crippen LogP contribution >= 0.6 is 38.5 Å². The summed E-state index contributed by atoms with van der Waals surface area (Å²) in [6.07, 6.45) is 0.158. The Morgan fingerprint density at radius 2 is 1.84 bits per heavy atom. The highest BCUT2D eigenvalue weighted by Crippen LogP contribution is 2.28. The molecule has 0 saturated heterocycles. The Morgan fingerprint density at radius 1 is 1.11 bits per heavy atom. The highest BCUT2D eigenvalue weighted by Gasteiger charge is 2.13. The summed E-state index contributed by atoms with van der Waals surface area (Å²) in [5.74, 6) is 0. The van der Waals surface area contributed by atoms with E-state index in [1.807, 2.05) is 18.2 Å². The smallest absolute Gasteiger partial charge is 0.0841 e. The predicted octanol–water partition coefficient (Wildman–Crippen LogP) is 4.95. The summed E-state index contributed by atoms with van der Waals surface area (Å²) in [6.45, 7) is 4.21. The van der Waals surface area contributed by atoms with Gasteiger partial charge in [0.05, 0.1) is 6.10 Å². The number of rotatable bonds is 3. The molecule has 2 rings (SSSR count). The quantitative estimate of drug-likeness (QED) is 0.683. The van der Waals surface area contributed by atoms with Gasteiger partial charge in [0.25, 0.3) is 0 Å². The minimum absolute atomic E-state index is 0.480. The number of aryl methyl sites for hydroxylation is 2. The van der Waals surface area contributed by atoms with Gasteiger partial charge in [-0.3, -0.25) is 0 Å². The lowest BCUT2D eigenvalue weighted by Crippen LogP contribution is -2.03. The van der Waals surface area contributed by atoms with Crippen LogP contribution in [0.4, 0.5) is 0 Å². The minimum atomic E-state index is -0.480. The molecule has 1 unspecified atom stereocenters. The fraction of sp³-hybridized carbons (Fsp3) is 0.250. The Hall–Kier alpha value is -0.390. The first-order valence-electron chi connectivity index (χ1n) is 6.16. The van der Waals surface area contributed by atoms with E-state index < -0.39 is 6.10 Å². The van der Waals surface area contributed by atoms with Gasteiger partial charge in [0, 0.05) is 14.5 Å². The zero-order chi connectivity index (χ0) is 14.0. The maximum absolute atomic E-state index is 10.4. The molecular weight excluding hydrogens is 415 g/mol. The van der Waals surface area contributed by atoms with Gasteiger partial charge in [0.2, 0.25) is 0 Å². The molecule has 0 radical (unpaired) electrons. The standard InChI is InChI=1S/C16H16BrIO/c1-10-3-4-12(7-11(10)2)8-16(19)14-9-13(18)5-6-15(14)17/h3-7,9,16,19H,8H2,1-2H3. The van der Waals surface area contributed by atoms with Gasteiger partial charge in [0.1, 0.15) is 0 Å². The first-order valence-corrected chi connectivity index (χ1v) is 8.03. The normalized spacial score (nSPS) is 12.5. The van der Waals surface area contributed by atoms with Crippen LogP contribution in [0.5, 0.6) is 0 Å². The van der Waals surface area contributed by atoms with E-state index in [4.69, 9.17) is 0 Å². The number of aliphatic hydroxyl groups is 1. The van der Waals surface area contributed by atoms with Crippen molar-refractivity contribution in [3.05, 3.63) is 66.7 Å². The maximum atomic E-state index is 10.4. The molecule has 2 aromatic carbocycles. The molecule has 19 heavy (non-hydrogen) atoms. The lowest BCUT2D eigenvalue weighted by atomic mass is 9.98. The fourth-order valence-electron chi connectivity index (χ4n) is 2.03. The van der Waals surface area contributed by atoms with Crippen LogP contribution in [0.15, 0.2) is 40.9 Å². The van der Waals surface area contributed by atoms with Crippen molar-refractivity contribution in [2.75, 3.05) is 0 Å². The first kappa shape index (κ1) is 15.0. The van der Waals surface area contributed by atoms with Crippen molar-refractivity contribution < 1.29 is 5.11 Å². The Balaban J connectivity index is 2.22. The van der Waals surface area contributed by atoms with Crippen LogP contribution in [0.1, 0.15) is 28.4 Å². The average Bonchev–Trinajstić information content (AvgIpc) is 2.36. The molecule has 3 heteroatoms. The number of aliphatic hydroxyl groups excluding tert-OH is 1. The molecule has 1 atom stereocenters. The Bertz CT molecular complexity index is 595. The number of hydrogen-bond acceptors (Lipinski definition) is 1. The summed E-state index contributed by atoms with van der Waals surface area (Å²) in [4.78, 5) is 0. The highest BCUT2D eigenvalue weighted by atomic mass is 127. The monoisotopic (exact) mass is 430 g/mol. The molecular formula is C16H16BrIO. The van der Waals surface area contributed by atoms with Crippen LogP contribution in [0.25, 0.3) is 0 Å². The minimum Gasteiger partial charge on any atom is -0.388 e. The lowest BCUT2D eigenvalue weighted by molar-refractivity contribution is 0.177. The highest BCUT2D eigenvalue weighted by molar-refractivity contribution is 14.1. The van der Waals surface area contributed by atoms with E-state index in [2.05, 4.69) is 70.6 Å². The molecule has 0 aliphatic heterocycles. The molecule has 0 spiro atoms. The van der Waals surface area contributed by atoms with E-state index in [1.165, 1.54) is 16.7 Å². The predicted molar refractivity (Wildman–Crippen MR) is 91.4 cm³/mol. The van der Waals surface area contributed by atoms with Crippen molar-refractivity contribution >= 4 is 38.5 Å². The average molecular weight is 431 g/mol. The van der Waals surface area contributed by atoms with Gasteiger partial charge in [-0.25, -0.2) is 0 Å². The summed E-state index contributed by atoms with van der Waals surface area (Å²) < 4.78 is 2.10. The van der Waals surface area contributed by atoms with E-state index in [0.29, 0.717) is 6.42 Å². The second-order valence-electron chi connectivity index (χ2n) is 4.80. The van der Waals surface area contributed by atoms with Gasteiger partial charge in [-0.05, 0) is 76.9 Å². The van der Waals surface area contributed by atoms with Gasteiger partial charge in [-0.1, -0.05) is 34.1 Å². The Kier molecular flexibility index (Phi) is 5.03. The topological polar surface area (TPSA) is 20.2 Å². The molecule has 0 aliphatic carbocycles. The maximum Gasteiger partial charge on any atom is 0.0841 e. The SMILES string of the molecule is Cc1ccc(CC(O)c2cc(I)ccc2Br)cc1C. The van der Waals surface area contributed by atoms with E-state index >= 15 is 0 Å². The zero-order valence-corrected chi connectivity index (χ0v) is 14.7. The summed E-state index contributed by atoms with van der Waals surface area (Å²) in [7, 11) is 0. The third kappa shape index (κ3) is 3.80. The van der Waals surface area contributed by atoms with E-state index in [-0.39, 0.29) is 0 Å². The number of benzene rings is 2. The van der Waals surface area contributed by atoms with Crippen molar-refractivity contribution in [2.24, 2.45) is 0 Å². The molecule has 0 heterocycles. The molecule has 0 bridgehead atoms. The van der Waals surface area contributed by atoms with Crippen LogP contribution < -0.4 is 0 Å². The lowest BCUT2D eigenvalue weighted by Gasteiger charge is -2.14. The number of hydrogen-bond donors (Lipinski definition) is 1. The van der Waals surface area contributed by atoms with E-state index in [1.54, 1.807) is 0 Å². The second-order valence-corrected chi connectivity index (χ2v) is 6.90. The molecule has 100 valence electrons. The first-order chi connectivity index (χ1) is 8.97. The summed E-state index contributed by atoms with van der Waals surface area (Å²) >= 11 is 5.77. The molecule has 0 saturated carbocycles. The van der Waals surface area contributed by atoms with Gasteiger partial charge in [-0.15, -0.1) is 0 Å².